The largest absolute Gasteiger partial charge is 0.480 e. The Hall–Kier alpha value is -1.58. The van der Waals surface area contributed by atoms with Crippen molar-refractivity contribution in [3.05, 3.63) is 0 Å². The monoisotopic (exact) mass is 404 g/mol. The van der Waals surface area contributed by atoms with Gasteiger partial charge in [-0.25, -0.2) is 0 Å². The second-order valence-electron chi connectivity index (χ2n) is 4.18. The van der Waals surface area contributed by atoms with Gasteiger partial charge in [0, 0.05) is 11.5 Å². The standard InChI is InChI=1S/C6H12N2O4S2.C3H7NO2.C2H5NO2/c7-3(5(9)10)1-13-14-2-4(8)6(11)12;1-2(4)3(5)6;3-1-2(4)5/h3-4H,1-2,7-8H2,(H,9,10)(H,11,12);2H,4H2,1H3,(H,5,6);1,3H2,(H,4,5). The van der Waals surface area contributed by atoms with Crippen molar-refractivity contribution in [3.8, 4) is 0 Å². The predicted octanol–water partition coefficient (Wildman–Crippen LogP) is -2.36. The van der Waals surface area contributed by atoms with Crippen molar-refractivity contribution in [2.75, 3.05) is 18.1 Å². The second-order valence-corrected chi connectivity index (χ2v) is 6.74. The lowest BCUT2D eigenvalue weighted by Gasteiger charge is -2.07. The fourth-order valence-electron chi connectivity index (χ4n) is 0.385. The first-order valence-electron chi connectivity index (χ1n) is 6.48. The molecule has 0 spiro atoms. The van der Waals surface area contributed by atoms with Crippen LogP contribution in [0.15, 0.2) is 0 Å². The summed E-state index contributed by atoms with van der Waals surface area (Å²) >= 11 is 0. The minimum absolute atomic E-state index is 0.229. The van der Waals surface area contributed by atoms with Gasteiger partial charge in [0.25, 0.3) is 0 Å². The van der Waals surface area contributed by atoms with E-state index in [0.29, 0.717) is 0 Å². The van der Waals surface area contributed by atoms with Crippen molar-refractivity contribution < 1.29 is 39.6 Å². The maximum atomic E-state index is 10.3. The number of nitrogens with two attached hydrogens (primary N) is 4. The highest BCUT2D eigenvalue weighted by molar-refractivity contribution is 8.76. The number of rotatable bonds is 9. The van der Waals surface area contributed by atoms with Crippen LogP contribution < -0.4 is 22.9 Å². The average Bonchev–Trinajstić information content (AvgIpc) is 2.51. The van der Waals surface area contributed by atoms with Gasteiger partial charge in [-0.15, -0.1) is 0 Å². The highest BCUT2D eigenvalue weighted by atomic mass is 33.1. The number of carbonyl (C=O) groups is 4. The Bertz CT molecular complexity index is 403. The molecule has 14 heteroatoms. The SMILES string of the molecule is CC(N)C(=O)O.NC(CSSCC(N)C(=O)O)C(=O)O.NCC(=O)O. The number of hydrogen-bond donors (Lipinski definition) is 8. The Morgan fingerprint density at radius 1 is 0.800 bits per heavy atom. The second kappa shape index (κ2) is 17.2. The molecule has 0 heterocycles. The molecule has 0 saturated heterocycles. The van der Waals surface area contributed by atoms with Gasteiger partial charge >= 0.3 is 23.9 Å². The molecule has 12 N–H and O–H groups in total. The first-order valence-corrected chi connectivity index (χ1v) is 8.96. The van der Waals surface area contributed by atoms with Crippen LogP contribution in [-0.2, 0) is 19.2 Å². The van der Waals surface area contributed by atoms with Crippen molar-refractivity contribution in [1.82, 2.24) is 0 Å². The molecule has 25 heavy (non-hydrogen) atoms. The van der Waals surface area contributed by atoms with Crippen molar-refractivity contribution in [3.63, 3.8) is 0 Å². The predicted molar refractivity (Wildman–Crippen MR) is 94.1 cm³/mol. The highest BCUT2D eigenvalue weighted by Crippen LogP contribution is 2.22. The molecule has 0 aliphatic rings. The Balaban J connectivity index is -0.000000362. The van der Waals surface area contributed by atoms with Gasteiger partial charge in [-0.3, -0.25) is 19.2 Å². The zero-order chi connectivity index (χ0) is 20.6. The van der Waals surface area contributed by atoms with Crippen molar-refractivity contribution >= 4 is 45.5 Å². The molecule has 0 amide bonds. The number of hydrogen-bond acceptors (Lipinski definition) is 10. The summed E-state index contributed by atoms with van der Waals surface area (Å²) < 4.78 is 0. The molecule has 3 atom stereocenters. The van der Waals surface area contributed by atoms with E-state index in [9.17, 15) is 19.2 Å². The normalized spacial score (nSPS) is 13.0. The van der Waals surface area contributed by atoms with Gasteiger partial charge in [0.2, 0.25) is 0 Å². The van der Waals surface area contributed by atoms with E-state index in [0.717, 1.165) is 0 Å². The number of aliphatic carboxylic acids is 4. The lowest BCUT2D eigenvalue weighted by Crippen LogP contribution is -2.33. The number of carboxylic acids is 4. The Kier molecular flexibility index (Phi) is 19.5. The number of carboxylic acid groups (broad SMARTS) is 4. The van der Waals surface area contributed by atoms with Gasteiger partial charge in [-0.2, -0.15) is 0 Å². The van der Waals surface area contributed by atoms with E-state index in [-0.39, 0.29) is 18.1 Å². The highest BCUT2D eigenvalue weighted by Gasteiger charge is 2.14. The van der Waals surface area contributed by atoms with E-state index in [2.05, 4.69) is 5.73 Å². The molecule has 0 radical (unpaired) electrons. The maximum Gasteiger partial charge on any atom is 0.321 e. The van der Waals surface area contributed by atoms with Crippen LogP contribution in [0, 0.1) is 0 Å². The summed E-state index contributed by atoms with van der Waals surface area (Å²) in [4.78, 5) is 39.4. The van der Waals surface area contributed by atoms with Gasteiger partial charge in [0.05, 0.1) is 6.54 Å². The molecule has 0 bridgehead atoms. The topological polar surface area (TPSA) is 253 Å². The smallest absolute Gasteiger partial charge is 0.321 e. The fraction of sp³-hybridized carbons (Fsp3) is 0.636. The van der Waals surface area contributed by atoms with E-state index in [1.54, 1.807) is 0 Å². The summed E-state index contributed by atoms with van der Waals surface area (Å²) in [6.45, 7) is 1.14. The first-order chi connectivity index (χ1) is 11.4. The van der Waals surface area contributed by atoms with Crippen LogP contribution in [-0.4, -0.2) is 80.5 Å². The fourth-order valence-corrected chi connectivity index (χ4v) is 2.61. The molecule has 0 aromatic heterocycles. The van der Waals surface area contributed by atoms with Crippen molar-refractivity contribution in [1.29, 1.82) is 0 Å². The van der Waals surface area contributed by atoms with Crippen molar-refractivity contribution in [2.24, 2.45) is 22.9 Å². The molecule has 148 valence electrons. The Morgan fingerprint density at radius 3 is 1.16 bits per heavy atom. The quantitative estimate of drug-likeness (QED) is 0.148. The van der Waals surface area contributed by atoms with Gasteiger partial charge < -0.3 is 43.4 Å². The van der Waals surface area contributed by atoms with Crippen LogP contribution in [0.3, 0.4) is 0 Å². The molecule has 0 aromatic rings. The zero-order valence-corrected chi connectivity index (χ0v) is 15.0. The summed E-state index contributed by atoms with van der Waals surface area (Å²) in [5, 5.41) is 32.3. The summed E-state index contributed by atoms with van der Waals surface area (Å²) in [7, 11) is 2.41. The summed E-state index contributed by atoms with van der Waals surface area (Å²) in [6.07, 6.45) is 0. The van der Waals surface area contributed by atoms with E-state index in [4.69, 9.17) is 37.6 Å². The van der Waals surface area contributed by atoms with E-state index in [1.807, 2.05) is 0 Å². The maximum absolute atomic E-state index is 10.3. The zero-order valence-electron chi connectivity index (χ0n) is 13.4. The molecule has 3 unspecified atom stereocenters. The summed E-state index contributed by atoms with van der Waals surface area (Å²) in [5.74, 6) is -3.61. The van der Waals surface area contributed by atoms with Crippen LogP contribution in [0.25, 0.3) is 0 Å². The van der Waals surface area contributed by atoms with E-state index in [1.165, 1.54) is 28.5 Å². The summed E-state index contributed by atoms with van der Waals surface area (Å²) in [5.41, 5.74) is 19.8. The average molecular weight is 404 g/mol. The molecule has 0 saturated carbocycles. The molecule has 0 rings (SSSR count). The van der Waals surface area contributed by atoms with Crippen LogP contribution in [0.4, 0.5) is 0 Å². The van der Waals surface area contributed by atoms with Gasteiger partial charge in [-0.05, 0) is 6.92 Å². The molecule has 0 aliphatic heterocycles. The van der Waals surface area contributed by atoms with Gasteiger partial charge in [-0.1, -0.05) is 21.6 Å². The molecule has 12 nitrogen and oxygen atoms in total. The van der Waals surface area contributed by atoms with E-state index < -0.39 is 42.0 Å². The van der Waals surface area contributed by atoms with E-state index >= 15 is 0 Å². The molecule has 0 fully saturated rings. The minimum atomic E-state index is -1.07. The Labute approximate surface area is 151 Å². The third kappa shape index (κ3) is 24.8. The third-order valence-electron chi connectivity index (χ3n) is 1.78. The van der Waals surface area contributed by atoms with Gasteiger partial charge in [0.1, 0.15) is 18.1 Å². The molecule has 0 aromatic carbocycles. The lowest BCUT2D eigenvalue weighted by atomic mass is 10.4. The van der Waals surface area contributed by atoms with Crippen LogP contribution >= 0.6 is 21.6 Å². The Morgan fingerprint density at radius 2 is 1.04 bits per heavy atom. The third-order valence-corrected chi connectivity index (χ3v) is 4.25. The van der Waals surface area contributed by atoms with Crippen LogP contribution in [0.1, 0.15) is 6.92 Å². The minimum Gasteiger partial charge on any atom is -0.480 e. The first kappa shape index (κ1) is 28.2. The van der Waals surface area contributed by atoms with Gasteiger partial charge in [0.15, 0.2) is 0 Å². The summed E-state index contributed by atoms with van der Waals surface area (Å²) in [6, 6.07) is -2.58. The van der Waals surface area contributed by atoms with Crippen LogP contribution in [0.5, 0.6) is 0 Å². The molecular weight excluding hydrogens is 380 g/mol. The molecular formula is C11H24N4O8S2. The van der Waals surface area contributed by atoms with Crippen LogP contribution in [0.2, 0.25) is 0 Å². The van der Waals surface area contributed by atoms with Crippen molar-refractivity contribution in [2.45, 2.75) is 25.0 Å². The molecule has 0 aliphatic carbocycles. The lowest BCUT2D eigenvalue weighted by molar-refractivity contribution is -0.138.